The Bertz CT molecular complexity index is 850. The fraction of sp³-hybridized carbons (Fsp3) is 0.316. The van der Waals surface area contributed by atoms with E-state index in [2.05, 4.69) is 0 Å². The molecular formula is C19H20N2O5. The number of hydrogen-bond donors (Lipinski definition) is 0. The number of methoxy groups -OCH3 is 2. The number of ether oxygens (including phenoxy) is 2. The summed E-state index contributed by atoms with van der Waals surface area (Å²) < 4.78 is 10.5. The molecule has 0 saturated carbocycles. The summed E-state index contributed by atoms with van der Waals surface area (Å²) in [5.74, 6) is 1.12. The minimum absolute atomic E-state index is 0.0144. The van der Waals surface area contributed by atoms with Crippen LogP contribution >= 0.6 is 0 Å². The van der Waals surface area contributed by atoms with E-state index in [-0.39, 0.29) is 18.0 Å². The molecule has 7 nitrogen and oxygen atoms in total. The highest BCUT2D eigenvalue weighted by Gasteiger charge is 2.31. The molecule has 0 unspecified atom stereocenters. The van der Waals surface area contributed by atoms with Crippen LogP contribution in [0.25, 0.3) is 0 Å². The van der Waals surface area contributed by atoms with Gasteiger partial charge in [-0.2, -0.15) is 0 Å². The number of hydrogen-bond acceptors (Lipinski definition) is 5. The zero-order valence-electron chi connectivity index (χ0n) is 14.7. The molecule has 7 heteroatoms. The van der Waals surface area contributed by atoms with Gasteiger partial charge in [-0.3, -0.25) is 14.9 Å². The minimum atomic E-state index is -0.432. The molecule has 136 valence electrons. The third-order valence-corrected chi connectivity index (χ3v) is 4.55. The smallest absolute Gasteiger partial charge is 0.293 e. The predicted octanol–water partition coefficient (Wildman–Crippen LogP) is 3.13. The van der Waals surface area contributed by atoms with Crippen molar-refractivity contribution in [2.45, 2.75) is 19.3 Å². The molecule has 3 rings (SSSR count). The van der Waals surface area contributed by atoms with Gasteiger partial charge in [0.1, 0.15) is 5.69 Å². The molecule has 1 aliphatic heterocycles. The highest BCUT2D eigenvalue weighted by Crippen LogP contribution is 2.37. The van der Waals surface area contributed by atoms with E-state index >= 15 is 0 Å². The number of fused-ring (bicyclic) bond motifs is 1. The highest BCUT2D eigenvalue weighted by molar-refractivity contribution is 5.98. The number of benzene rings is 2. The second-order valence-electron chi connectivity index (χ2n) is 6.03. The summed E-state index contributed by atoms with van der Waals surface area (Å²) >= 11 is 0. The van der Waals surface area contributed by atoms with Gasteiger partial charge in [-0.1, -0.05) is 18.2 Å². The summed E-state index contributed by atoms with van der Waals surface area (Å²) in [6.07, 6.45) is 1.42. The van der Waals surface area contributed by atoms with E-state index in [1.165, 1.54) is 11.0 Å². The van der Waals surface area contributed by atoms with Crippen molar-refractivity contribution < 1.29 is 19.2 Å². The number of carbonyl (C=O) groups excluding carboxylic acids is 1. The maximum absolute atomic E-state index is 12.7. The first kappa shape index (κ1) is 17.7. The molecular weight excluding hydrogens is 336 g/mol. The topological polar surface area (TPSA) is 81.9 Å². The number of para-hydroxylation sites is 1. The van der Waals surface area contributed by atoms with Crippen LogP contribution in [0.4, 0.5) is 11.4 Å². The van der Waals surface area contributed by atoms with Crippen molar-refractivity contribution in [3.8, 4) is 11.5 Å². The van der Waals surface area contributed by atoms with Gasteiger partial charge in [0.25, 0.3) is 5.69 Å². The Hall–Kier alpha value is -3.09. The molecule has 0 saturated heterocycles. The number of carbonyl (C=O) groups is 1. The van der Waals surface area contributed by atoms with E-state index in [4.69, 9.17) is 9.47 Å². The molecule has 0 aliphatic carbocycles. The van der Waals surface area contributed by atoms with E-state index < -0.39 is 4.92 Å². The second kappa shape index (κ2) is 7.43. The molecule has 1 heterocycles. The van der Waals surface area contributed by atoms with Crippen LogP contribution in [0, 0.1) is 10.1 Å². The second-order valence-corrected chi connectivity index (χ2v) is 6.03. The third kappa shape index (κ3) is 3.33. The Kier molecular flexibility index (Phi) is 5.06. The van der Waals surface area contributed by atoms with Gasteiger partial charge in [-0.05, 0) is 36.1 Å². The van der Waals surface area contributed by atoms with E-state index in [9.17, 15) is 14.9 Å². The fourth-order valence-corrected chi connectivity index (χ4v) is 3.25. The van der Waals surface area contributed by atoms with Gasteiger partial charge in [0.2, 0.25) is 5.91 Å². The number of anilines is 1. The van der Waals surface area contributed by atoms with Crippen molar-refractivity contribution in [2.75, 3.05) is 25.7 Å². The number of nitro benzene ring substituents is 1. The Morgan fingerprint density at radius 2 is 1.96 bits per heavy atom. The molecule has 0 fully saturated rings. The lowest BCUT2D eigenvalue weighted by Crippen LogP contribution is -2.29. The number of nitrogens with zero attached hydrogens (tertiary/aromatic N) is 2. The molecule has 1 aliphatic rings. The molecule has 2 aromatic carbocycles. The first-order valence-electron chi connectivity index (χ1n) is 8.32. The number of rotatable bonds is 6. The Morgan fingerprint density at radius 3 is 2.65 bits per heavy atom. The third-order valence-electron chi connectivity index (χ3n) is 4.55. The van der Waals surface area contributed by atoms with E-state index in [1.807, 2.05) is 18.2 Å². The van der Waals surface area contributed by atoms with Crippen molar-refractivity contribution >= 4 is 17.3 Å². The maximum atomic E-state index is 12.7. The zero-order chi connectivity index (χ0) is 18.7. The number of nitro groups is 1. The monoisotopic (exact) mass is 356 g/mol. The summed E-state index contributed by atoms with van der Waals surface area (Å²) in [7, 11) is 3.13. The van der Waals surface area contributed by atoms with Crippen LogP contribution in [-0.2, 0) is 17.6 Å². The van der Waals surface area contributed by atoms with Gasteiger partial charge in [0.15, 0.2) is 11.5 Å². The summed E-state index contributed by atoms with van der Waals surface area (Å²) in [6.45, 7) is 0.477. The van der Waals surface area contributed by atoms with Crippen LogP contribution < -0.4 is 14.4 Å². The molecule has 2 aromatic rings. The summed E-state index contributed by atoms with van der Waals surface area (Å²) in [4.78, 5) is 25.1. The van der Waals surface area contributed by atoms with Crippen LogP contribution in [0.15, 0.2) is 36.4 Å². The molecule has 0 spiro atoms. The summed E-state index contributed by atoms with van der Waals surface area (Å²) in [5, 5.41) is 11.3. The number of amides is 1. The lowest BCUT2D eigenvalue weighted by Gasteiger charge is -2.17. The van der Waals surface area contributed by atoms with Gasteiger partial charge in [0, 0.05) is 19.0 Å². The van der Waals surface area contributed by atoms with Crippen molar-refractivity contribution in [3.05, 3.63) is 57.6 Å². The average Bonchev–Trinajstić information content (AvgIpc) is 3.09. The van der Waals surface area contributed by atoms with E-state index in [1.54, 1.807) is 26.4 Å². The number of aryl methyl sites for hydroxylation is 1. The van der Waals surface area contributed by atoms with Gasteiger partial charge in [-0.15, -0.1) is 0 Å². The quantitative estimate of drug-likeness (QED) is 0.587. The first-order chi connectivity index (χ1) is 12.5. The average molecular weight is 356 g/mol. The maximum Gasteiger partial charge on any atom is 0.293 e. The standard InChI is InChI=1S/C19H20N2O5/c1-25-16-8-6-13(12-17(16)26-2)7-9-18(22)20-11-10-14-4-3-5-15(19(14)20)21(23)24/h3-6,8,12H,7,9-11H2,1-2H3. The molecule has 0 radical (unpaired) electrons. The molecule has 1 amide bonds. The zero-order valence-corrected chi connectivity index (χ0v) is 14.7. The lowest BCUT2D eigenvalue weighted by atomic mass is 10.1. The Morgan fingerprint density at radius 1 is 1.19 bits per heavy atom. The minimum Gasteiger partial charge on any atom is -0.493 e. The first-order valence-corrected chi connectivity index (χ1v) is 8.32. The van der Waals surface area contributed by atoms with Gasteiger partial charge in [0.05, 0.1) is 19.1 Å². The summed E-state index contributed by atoms with van der Waals surface area (Å²) in [6, 6.07) is 10.5. The molecule has 0 atom stereocenters. The molecule has 0 bridgehead atoms. The summed E-state index contributed by atoms with van der Waals surface area (Å²) in [5.41, 5.74) is 2.21. The van der Waals surface area contributed by atoms with E-state index in [0.29, 0.717) is 36.6 Å². The molecule has 26 heavy (non-hydrogen) atoms. The molecule has 0 aromatic heterocycles. The van der Waals surface area contributed by atoms with Crippen molar-refractivity contribution in [2.24, 2.45) is 0 Å². The Balaban J connectivity index is 1.74. The molecule has 0 N–H and O–H groups in total. The lowest BCUT2D eigenvalue weighted by molar-refractivity contribution is -0.384. The van der Waals surface area contributed by atoms with Crippen LogP contribution in [0.5, 0.6) is 11.5 Å². The fourth-order valence-electron chi connectivity index (χ4n) is 3.25. The van der Waals surface area contributed by atoms with Crippen molar-refractivity contribution in [1.29, 1.82) is 0 Å². The normalized spacial score (nSPS) is 12.6. The van der Waals surface area contributed by atoms with Gasteiger partial charge < -0.3 is 14.4 Å². The highest BCUT2D eigenvalue weighted by atomic mass is 16.6. The van der Waals surface area contributed by atoms with Gasteiger partial charge >= 0.3 is 0 Å². The van der Waals surface area contributed by atoms with Crippen LogP contribution in [0.3, 0.4) is 0 Å². The van der Waals surface area contributed by atoms with Crippen LogP contribution in [-0.4, -0.2) is 31.6 Å². The van der Waals surface area contributed by atoms with Gasteiger partial charge in [-0.25, -0.2) is 0 Å². The largest absolute Gasteiger partial charge is 0.493 e. The van der Waals surface area contributed by atoms with Crippen LogP contribution in [0.1, 0.15) is 17.5 Å². The van der Waals surface area contributed by atoms with E-state index in [0.717, 1.165) is 11.1 Å². The SMILES string of the molecule is COc1ccc(CCC(=O)N2CCc3cccc([N+](=O)[O-])c32)cc1OC. The Labute approximate surface area is 151 Å². The van der Waals surface area contributed by atoms with Crippen molar-refractivity contribution in [1.82, 2.24) is 0 Å². The van der Waals surface area contributed by atoms with Crippen molar-refractivity contribution in [3.63, 3.8) is 0 Å². The van der Waals surface area contributed by atoms with Crippen LogP contribution in [0.2, 0.25) is 0 Å². The predicted molar refractivity (Wildman–Crippen MR) is 97.0 cm³/mol.